The second kappa shape index (κ2) is 9.52. The van der Waals surface area contributed by atoms with Gasteiger partial charge in [0.25, 0.3) is 0 Å². The van der Waals surface area contributed by atoms with Crippen LogP contribution >= 0.6 is 0 Å². The van der Waals surface area contributed by atoms with Gasteiger partial charge in [-0.2, -0.15) is 5.10 Å². The van der Waals surface area contributed by atoms with Crippen LogP contribution in [0, 0.1) is 0 Å². The molecule has 0 N–H and O–H groups in total. The first-order chi connectivity index (χ1) is 16.5. The van der Waals surface area contributed by atoms with Crippen LogP contribution < -0.4 is 0 Å². The molecule has 1 unspecified atom stereocenters. The molecule has 34 heavy (non-hydrogen) atoms. The Hall–Kier alpha value is -3.30. The molecular formula is C25H27N5O3S. The Morgan fingerprint density at radius 2 is 1.82 bits per heavy atom. The first-order valence-corrected chi connectivity index (χ1v) is 13.3. The average Bonchev–Trinajstić information content (AvgIpc) is 3.47. The van der Waals surface area contributed by atoms with E-state index in [1.807, 2.05) is 59.6 Å². The van der Waals surface area contributed by atoms with E-state index in [2.05, 4.69) is 9.88 Å². The second-order valence-corrected chi connectivity index (χ2v) is 10.9. The number of hydrogen-bond acceptors (Lipinski definition) is 6. The van der Waals surface area contributed by atoms with Crippen molar-refractivity contribution in [3.05, 3.63) is 72.7 Å². The highest BCUT2D eigenvalue weighted by atomic mass is 32.2. The zero-order chi connectivity index (χ0) is 23.5. The van der Waals surface area contributed by atoms with Gasteiger partial charge in [0.05, 0.1) is 17.2 Å². The number of carbonyl (C=O) groups is 1. The smallest absolute Gasteiger partial charge is 0.246 e. The highest BCUT2D eigenvalue weighted by molar-refractivity contribution is 7.91. The summed E-state index contributed by atoms with van der Waals surface area (Å²) in [6, 6.07) is 13.7. The van der Waals surface area contributed by atoms with Gasteiger partial charge >= 0.3 is 0 Å². The predicted molar refractivity (Wildman–Crippen MR) is 131 cm³/mol. The molecule has 8 nitrogen and oxygen atoms in total. The summed E-state index contributed by atoms with van der Waals surface area (Å²) < 4.78 is 25.4. The minimum absolute atomic E-state index is 0.0525. The van der Waals surface area contributed by atoms with Gasteiger partial charge in [-0.05, 0) is 36.8 Å². The van der Waals surface area contributed by atoms with E-state index in [-0.39, 0.29) is 23.5 Å². The maximum Gasteiger partial charge on any atom is 0.246 e. The Kier molecular flexibility index (Phi) is 6.30. The standard InChI is InChI=1S/C25H27N5O3S/c31-24(29-14-12-28(13-15-29)23-10-16-34(32,33)19-23)9-8-21-18-30(22-6-2-1-3-7-22)27-25(21)20-5-4-11-26-17-20/h1-9,11,17-18,23H,10,12-16,19H2/b9-8+. The zero-order valence-electron chi connectivity index (χ0n) is 18.8. The number of carbonyl (C=O) groups excluding carboxylic acids is 1. The van der Waals surface area contributed by atoms with Gasteiger partial charge in [0.15, 0.2) is 9.84 Å². The first-order valence-electron chi connectivity index (χ1n) is 11.5. The predicted octanol–water partition coefficient (Wildman–Crippen LogP) is 2.28. The third kappa shape index (κ3) is 4.95. The number of nitrogens with zero attached hydrogens (tertiary/aromatic N) is 5. The van der Waals surface area contributed by atoms with Crippen molar-refractivity contribution in [3.8, 4) is 16.9 Å². The lowest BCUT2D eigenvalue weighted by Gasteiger charge is -2.37. The van der Waals surface area contributed by atoms with Crippen LogP contribution in [0.5, 0.6) is 0 Å². The molecule has 1 amide bonds. The van der Waals surface area contributed by atoms with E-state index in [0.29, 0.717) is 32.6 Å². The quantitative estimate of drug-likeness (QED) is 0.524. The summed E-state index contributed by atoms with van der Waals surface area (Å²) in [4.78, 5) is 21.2. The molecule has 2 aliphatic rings. The van der Waals surface area contributed by atoms with Crippen molar-refractivity contribution >= 4 is 21.8 Å². The van der Waals surface area contributed by atoms with Gasteiger partial charge < -0.3 is 4.90 Å². The van der Waals surface area contributed by atoms with E-state index in [4.69, 9.17) is 5.10 Å². The Bertz CT molecular complexity index is 1280. The minimum Gasteiger partial charge on any atom is -0.337 e. The molecule has 2 saturated heterocycles. The molecule has 0 aliphatic carbocycles. The van der Waals surface area contributed by atoms with E-state index in [1.54, 1.807) is 23.2 Å². The zero-order valence-corrected chi connectivity index (χ0v) is 19.6. The lowest BCUT2D eigenvalue weighted by molar-refractivity contribution is -0.127. The van der Waals surface area contributed by atoms with Gasteiger partial charge in [-0.15, -0.1) is 0 Å². The second-order valence-electron chi connectivity index (χ2n) is 8.71. The van der Waals surface area contributed by atoms with Gasteiger partial charge in [0.2, 0.25) is 5.91 Å². The summed E-state index contributed by atoms with van der Waals surface area (Å²) in [6.45, 7) is 2.59. The molecular weight excluding hydrogens is 450 g/mol. The molecule has 2 aromatic heterocycles. The van der Waals surface area contributed by atoms with Gasteiger partial charge in [-0.25, -0.2) is 13.1 Å². The van der Waals surface area contributed by atoms with E-state index in [1.165, 1.54) is 0 Å². The summed E-state index contributed by atoms with van der Waals surface area (Å²) in [5.41, 5.74) is 3.40. The van der Waals surface area contributed by atoms with Gasteiger partial charge in [-0.3, -0.25) is 14.7 Å². The van der Waals surface area contributed by atoms with Crippen LogP contribution in [-0.4, -0.2) is 82.6 Å². The SMILES string of the molecule is O=C(/C=C/c1cn(-c2ccccc2)nc1-c1cccnc1)N1CCN(C2CCS(=O)(=O)C2)CC1. The number of piperazine rings is 1. The third-order valence-corrected chi connectivity index (χ3v) is 8.20. The molecule has 3 aromatic rings. The van der Waals surface area contributed by atoms with Crippen molar-refractivity contribution < 1.29 is 13.2 Å². The Balaban J connectivity index is 1.30. The highest BCUT2D eigenvalue weighted by Gasteiger charge is 2.34. The highest BCUT2D eigenvalue weighted by Crippen LogP contribution is 2.24. The Labute approximate surface area is 199 Å². The Morgan fingerprint density at radius 1 is 1.03 bits per heavy atom. The summed E-state index contributed by atoms with van der Waals surface area (Å²) in [5.74, 6) is 0.460. The lowest BCUT2D eigenvalue weighted by Crippen LogP contribution is -2.52. The molecule has 5 rings (SSSR count). The molecule has 0 bridgehead atoms. The normalized spacial score (nSPS) is 20.7. The average molecular weight is 478 g/mol. The third-order valence-electron chi connectivity index (χ3n) is 6.45. The maximum absolute atomic E-state index is 12.9. The fourth-order valence-corrected chi connectivity index (χ4v) is 6.35. The number of hydrogen-bond donors (Lipinski definition) is 0. The molecule has 0 saturated carbocycles. The number of benzene rings is 1. The summed E-state index contributed by atoms with van der Waals surface area (Å²) in [5, 5.41) is 4.75. The van der Waals surface area contributed by atoms with E-state index >= 15 is 0 Å². The molecule has 176 valence electrons. The lowest BCUT2D eigenvalue weighted by atomic mass is 10.1. The topological polar surface area (TPSA) is 88.4 Å². The number of aromatic nitrogens is 3. The fourth-order valence-electron chi connectivity index (χ4n) is 4.59. The summed E-state index contributed by atoms with van der Waals surface area (Å²) >= 11 is 0. The van der Waals surface area contributed by atoms with Gasteiger partial charge in [0, 0.05) is 68.0 Å². The van der Waals surface area contributed by atoms with E-state index < -0.39 is 9.84 Å². The van der Waals surface area contributed by atoms with Crippen LogP contribution in [-0.2, 0) is 14.6 Å². The van der Waals surface area contributed by atoms with Crippen molar-refractivity contribution in [2.75, 3.05) is 37.7 Å². The van der Waals surface area contributed by atoms with Crippen molar-refractivity contribution in [1.82, 2.24) is 24.6 Å². The molecule has 9 heteroatoms. The minimum atomic E-state index is -2.90. The molecule has 1 atom stereocenters. The van der Waals surface area contributed by atoms with E-state index in [0.717, 1.165) is 22.5 Å². The molecule has 2 fully saturated rings. The van der Waals surface area contributed by atoms with Crippen molar-refractivity contribution in [3.63, 3.8) is 0 Å². The van der Waals surface area contributed by atoms with Crippen LogP contribution in [0.2, 0.25) is 0 Å². The van der Waals surface area contributed by atoms with Crippen molar-refractivity contribution in [1.29, 1.82) is 0 Å². The number of sulfone groups is 1. The van der Waals surface area contributed by atoms with Crippen LogP contribution in [0.25, 0.3) is 23.0 Å². The largest absolute Gasteiger partial charge is 0.337 e. The van der Waals surface area contributed by atoms with Gasteiger partial charge in [-0.1, -0.05) is 18.2 Å². The summed E-state index contributed by atoms with van der Waals surface area (Å²) in [6.07, 6.45) is 9.50. The maximum atomic E-state index is 12.9. The molecule has 4 heterocycles. The van der Waals surface area contributed by atoms with Crippen molar-refractivity contribution in [2.45, 2.75) is 12.5 Å². The van der Waals surface area contributed by atoms with Crippen LogP contribution in [0.15, 0.2) is 67.1 Å². The van der Waals surface area contributed by atoms with Crippen LogP contribution in [0.3, 0.4) is 0 Å². The first kappa shape index (κ1) is 22.5. The molecule has 1 aromatic carbocycles. The fraction of sp³-hybridized carbons (Fsp3) is 0.320. The van der Waals surface area contributed by atoms with E-state index in [9.17, 15) is 13.2 Å². The van der Waals surface area contributed by atoms with Gasteiger partial charge in [0.1, 0.15) is 5.69 Å². The van der Waals surface area contributed by atoms with Crippen LogP contribution in [0.1, 0.15) is 12.0 Å². The summed E-state index contributed by atoms with van der Waals surface area (Å²) in [7, 11) is -2.90. The molecule has 2 aliphatic heterocycles. The number of pyridine rings is 1. The monoisotopic (exact) mass is 477 g/mol. The number of amides is 1. The molecule has 0 spiro atoms. The number of para-hydroxylation sites is 1. The number of rotatable bonds is 5. The van der Waals surface area contributed by atoms with Crippen LogP contribution in [0.4, 0.5) is 0 Å². The molecule has 0 radical (unpaired) electrons. The Morgan fingerprint density at radius 3 is 2.50 bits per heavy atom. The van der Waals surface area contributed by atoms with Crippen molar-refractivity contribution in [2.24, 2.45) is 0 Å².